The minimum atomic E-state index is 0.672. The zero-order valence-corrected chi connectivity index (χ0v) is 12.1. The van der Waals surface area contributed by atoms with E-state index < -0.39 is 0 Å². The van der Waals surface area contributed by atoms with Crippen molar-refractivity contribution in [3.8, 4) is 0 Å². The molecule has 1 fully saturated rings. The zero-order valence-electron chi connectivity index (χ0n) is 10.5. The van der Waals surface area contributed by atoms with Gasteiger partial charge in [0.05, 0.1) is 4.90 Å². The highest BCUT2D eigenvalue weighted by atomic mass is 32.2. The lowest BCUT2D eigenvalue weighted by Crippen LogP contribution is -2.31. The molecule has 1 aliphatic heterocycles. The molecule has 0 bridgehead atoms. The largest absolute Gasteiger partial charge is 0.382 e. The number of likely N-dealkylation sites (N-methyl/N-ethyl adjacent to an activating group) is 1. The molecule has 0 saturated carbocycles. The van der Waals surface area contributed by atoms with Gasteiger partial charge in [0.15, 0.2) is 5.82 Å². The second-order valence-electron chi connectivity index (χ2n) is 4.38. The van der Waals surface area contributed by atoms with E-state index in [4.69, 9.17) is 5.73 Å². The van der Waals surface area contributed by atoms with Gasteiger partial charge in [0.25, 0.3) is 0 Å². The van der Waals surface area contributed by atoms with E-state index in [1.54, 1.807) is 11.8 Å². The quantitative estimate of drug-likeness (QED) is 0.831. The van der Waals surface area contributed by atoms with Gasteiger partial charge in [-0.2, -0.15) is 4.37 Å². The van der Waals surface area contributed by atoms with E-state index in [9.17, 15) is 0 Å². The number of nitrogens with zero attached hydrogens (tertiary/aromatic N) is 3. The molecule has 96 valence electrons. The van der Waals surface area contributed by atoms with Crippen LogP contribution in [-0.4, -0.2) is 48.8 Å². The normalized spacial score (nSPS) is 16.6. The van der Waals surface area contributed by atoms with E-state index in [1.165, 1.54) is 42.5 Å². The topological polar surface area (TPSA) is 45.4 Å². The third-order valence-electron chi connectivity index (χ3n) is 3.16. The number of nitrogen functional groups attached to an aromatic ring is 1. The SMILES string of the molecule is CSc1c(N)nsc1N(C)CCN1CCCC1. The first-order valence-electron chi connectivity index (χ1n) is 5.95. The van der Waals surface area contributed by atoms with Gasteiger partial charge in [-0.3, -0.25) is 0 Å². The molecule has 0 amide bonds. The van der Waals surface area contributed by atoms with Crippen molar-refractivity contribution in [3.05, 3.63) is 0 Å². The molecule has 1 aliphatic rings. The molecule has 1 aromatic heterocycles. The Kier molecular flexibility index (Phi) is 4.53. The van der Waals surface area contributed by atoms with Crippen LogP contribution in [0.2, 0.25) is 0 Å². The number of rotatable bonds is 5. The molecular formula is C11H20N4S2. The maximum atomic E-state index is 5.85. The zero-order chi connectivity index (χ0) is 12.3. The third-order valence-corrected chi connectivity index (χ3v) is 5.08. The Balaban J connectivity index is 1.91. The van der Waals surface area contributed by atoms with Crippen molar-refractivity contribution < 1.29 is 0 Å². The smallest absolute Gasteiger partial charge is 0.153 e. The summed E-state index contributed by atoms with van der Waals surface area (Å²) in [6, 6.07) is 0. The van der Waals surface area contributed by atoms with Crippen molar-refractivity contribution in [2.24, 2.45) is 0 Å². The van der Waals surface area contributed by atoms with Gasteiger partial charge in [0.2, 0.25) is 0 Å². The van der Waals surface area contributed by atoms with E-state index in [0.29, 0.717) is 5.82 Å². The number of nitrogens with two attached hydrogens (primary N) is 1. The van der Waals surface area contributed by atoms with Crippen LogP contribution in [0.1, 0.15) is 12.8 Å². The predicted molar refractivity (Wildman–Crippen MR) is 77.3 cm³/mol. The molecule has 0 aromatic carbocycles. The first kappa shape index (κ1) is 13.0. The average Bonchev–Trinajstić information content (AvgIpc) is 2.94. The molecule has 0 unspecified atom stereocenters. The third kappa shape index (κ3) is 3.05. The van der Waals surface area contributed by atoms with E-state index in [-0.39, 0.29) is 0 Å². The summed E-state index contributed by atoms with van der Waals surface area (Å²) in [5, 5.41) is 1.20. The van der Waals surface area contributed by atoms with Crippen molar-refractivity contribution in [1.82, 2.24) is 9.27 Å². The molecule has 4 nitrogen and oxygen atoms in total. The number of hydrogen-bond acceptors (Lipinski definition) is 6. The Labute approximate surface area is 111 Å². The van der Waals surface area contributed by atoms with Gasteiger partial charge in [-0.15, -0.1) is 11.8 Å². The van der Waals surface area contributed by atoms with E-state index in [0.717, 1.165) is 18.0 Å². The maximum absolute atomic E-state index is 5.85. The monoisotopic (exact) mass is 272 g/mol. The van der Waals surface area contributed by atoms with Crippen LogP contribution in [0.5, 0.6) is 0 Å². The lowest BCUT2D eigenvalue weighted by atomic mass is 10.4. The second-order valence-corrected chi connectivity index (χ2v) is 5.94. The van der Waals surface area contributed by atoms with E-state index in [1.807, 2.05) is 0 Å². The molecule has 0 atom stereocenters. The molecular weight excluding hydrogens is 252 g/mol. The first-order valence-corrected chi connectivity index (χ1v) is 7.95. The fourth-order valence-corrected chi connectivity index (χ4v) is 3.82. The fourth-order valence-electron chi connectivity index (χ4n) is 2.12. The summed E-state index contributed by atoms with van der Waals surface area (Å²) >= 11 is 3.19. The Morgan fingerprint density at radius 1 is 1.47 bits per heavy atom. The van der Waals surface area contributed by atoms with E-state index in [2.05, 4.69) is 27.5 Å². The summed E-state index contributed by atoms with van der Waals surface area (Å²) < 4.78 is 4.23. The van der Waals surface area contributed by atoms with Crippen molar-refractivity contribution in [2.45, 2.75) is 17.7 Å². The van der Waals surface area contributed by atoms with Crippen LogP contribution in [0.4, 0.5) is 10.8 Å². The van der Waals surface area contributed by atoms with Crippen LogP contribution >= 0.6 is 23.3 Å². The van der Waals surface area contributed by atoms with Crippen LogP contribution in [0.25, 0.3) is 0 Å². The molecule has 2 heterocycles. The number of hydrogen-bond donors (Lipinski definition) is 1. The average molecular weight is 272 g/mol. The van der Waals surface area contributed by atoms with Crippen molar-refractivity contribution >= 4 is 34.1 Å². The Morgan fingerprint density at radius 2 is 2.18 bits per heavy atom. The molecule has 0 aliphatic carbocycles. The molecule has 2 rings (SSSR count). The molecule has 6 heteroatoms. The summed E-state index contributed by atoms with van der Waals surface area (Å²) in [4.78, 5) is 5.93. The number of thioether (sulfide) groups is 1. The molecule has 17 heavy (non-hydrogen) atoms. The lowest BCUT2D eigenvalue weighted by molar-refractivity contribution is 0.347. The standard InChI is InChI=1S/C11H20N4S2/c1-14(7-8-15-5-3-4-6-15)11-9(16-2)10(12)13-17-11/h3-8H2,1-2H3,(H2,12,13). The van der Waals surface area contributed by atoms with Crippen LogP contribution in [-0.2, 0) is 0 Å². The highest BCUT2D eigenvalue weighted by Crippen LogP contribution is 2.36. The Hall–Kier alpha value is -0.460. The summed E-state index contributed by atoms with van der Waals surface area (Å²) in [5.74, 6) is 0.672. The Bertz CT molecular complexity index is 360. The minimum Gasteiger partial charge on any atom is -0.382 e. The summed E-state index contributed by atoms with van der Waals surface area (Å²) in [6.07, 6.45) is 4.76. The van der Waals surface area contributed by atoms with E-state index >= 15 is 0 Å². The van der Waals surface area contributed by atoms with Crippen LogP contribution in [0.15, 0.2) is 4.90 Å². The number of anilines is 2. The van der Waals surface area contributed by atoms with Gasteiger partial charge < -0.3 is 15.5 Å². The molecule has 0 radical (unpaired) electrons. The minimum absolute atomic E-state index is 0.672. The summed E-state index contributed by atoms with van der Waals surface area (Å²) in [5.41, 5.74) is 5.85. The number of aromatic nitrogens is 1. The fraction of sp³-hybridized carbons (Fsp3) is 0.727. The van der Waals surface area contributed by atoms with Crippen molar-refractivity contribution in [1.29, 1.82) is 0 Å². The summed E-state index contributed by atoms with van der Waals surface area (Å²) in [6.45, 7) is 4.71. The van der Waals surface area contributed by atoms with Gasteiger partial charge in [-0.05, 0) is 43.7 Å². The predicted octanol–water partition coefficient (Wildman–Crippen LogP) is 1.98. The van der Waals surface area contributed by atoms with Crippen molar-refractivity contribution in [3.63, 3.8) is 0 Å². The molecule has 1 aromatic rings. The van der Waals surface area contributed by atoms with Crippen LogP contribution in [0.3, 0.4) is 0 Å². The lowest BCUT2D eigenvalue weighted by Gasteiger charge is -2.22. The highest BCUT2D eigenvalue weighted by molar-refractivity contribution is 7.99. The van der Waals surface area contributed by atoms with Crippen LogP contribution < -0.4 is 10.6 Å². The second kappa shape index (κ2) is 5.93. The van der Waals surface area contributed by atoms with Gasteiger partial charge >= 0.3 is 0 Å². The van der Waals surface area contributed by atoms with Crippen molar-refractivity contribution in [2.75, 3.05) is 50.1 Å². The molecule has 1 saturated heterocycles. The highest BCUT2D eigenvalue weighted by Gasteiger charge is 2.16. The van der Waals surface area contributed by atoms with Gasteiger partial charge in [0, 0.05) is 20.1 Å². The van der Waals surface area contributed by atoms with Gasteiger partial charge in [0.1, 0.15) is 5.00 Å². The Morgan fingerprint density at radius 3 is 2.82 bits per heavy atom. The first-order chi connectivity index (χ1) is 8.22. The summed E-state index contributed by atoms with van der Waals surface area (Å²) in [7, 11) is 2.13. The van der Waals surface area contributed by atoms with Crippen LogP contribution in [0, 0.1) is 0 Å². The van der Waals surface area contributed by atoms with Gasteiger partial charge in [-0.1, -0.05) is 0 Å². The number of likely N-dealkylation sites (tertiary alicyclic amines) is 1. The molecule has 2 N–H and O–H groups in total. The maximum Gasteiger partial charge on any atom is 0.153 e. The molecule has 0 spiro atoms. The van der Waals surface area contributed by atoms with Gasteiger partial charge in [-0.25, -0.2) is 0 Å².